The molecule has 1 aliphatic heterocycles. The fourth-order valence-electron chi connectivity index (χ4n) is 4.74. The van der Waals surface area contributed by atoms with Crippen molar-refractivity contribution in [2.75, 3.05) is 19.8 Å². The van der Waals surface area contributed by atoms with Crippen molar-refractivity contribution in [1.29, 1.82) is 0 Å². The summed E-state index contributed by atoms with van der Waals surface area (Å²) in [5.41, 5.74) is 10.6. The third-order valence-corrected chi connectivity index (χ3v) is 6.66. The van der Waals surface area contributed by atoms with Gasteiger partial charge in [-0.1, -0.05) is 71.7 Å². The molecule has 2 amide bonds. The lowest BCUT2D eigenvalue weighted by molar-refractivity contribution is -0.131. The van der Waals surface area contributed by atoms with E-state index >= 15 is 0 Å². The summed E-state index contributed by atoms with van der Waals surface area (Å²) in [7, 11) is 0. The van der Waals surface area contributed by atoms with E-state index in [1.54, 1.807) is 12.1 Å². The van der Waals surface area contributed by atoms with Crippen LogP contribution in [0.3, 0.4) is 0 Å². The maximum Gasteiger partial charge on any atom is 0.411 e. The molecule has 1 saturated heterocycles. The highest BCUT2D eigenvalue weighted by Gasteiger charge is 2.41. The van der Waals surface area contributed by atoms with Crippen molar-refractivity contribution in [3.63, 3.8) is 0 Å². The van der Waals surface area contributed by atoms with Crippen LogP contribution in [0, 0.1) is 0 Å². The van der Waals surface area contributed by atoms with Gasteiger partial charge in [0.2, 0.25) is 5.91 Å². The highest BCUT2D eigenvalue weighted by molar-refractivity contribution is 6.32. The summed E-state index contributed by atoms with van der Waals surface area (Å²) in [6, 6.07) is 17.6. The van der Waals surface area contributed by atoms with Crippen LogP contribution in [0.5, 0.6) is 0 Å². The molecule has 34 heavy (non-hydrogen) atoms. The van der Waals surface area contributed by atoms with Gasteiger partial charge in [0.1, 0.15) is 23.0 Å². The topological polar surface area (TPSA) is 94.8 Å². The van der Waals surface area contributed by atoms with E-state index in [4.69, 9.17) is 38.4 Å². The second kappa shape index (κ2) is 9.25. The number of benzene rings is 2. The number of nitrogens with zero attached hydrogens (tertiary/aromatic N) is 2. The standard InChI is InChI=1S/C25H21Cl2N3O4/c26-22-9-14(10-23(27)29-22)20-12-33-13-21(24(28)31)30(20)25(32)34-11-19-17-7-3-1-5-15(17)16-6-2-4-8-18(16)19/h1-10,19-21H,11-13H2,(H2,28,31)/t20-,21-/m0/s1. The van der Waals surface area contributed by atoms with Gasteiger partial charge in [0.15, 0.2) is 0 Å². The quantitative estimate of drug-likeness (QED) is 0.532. The monoisotopic (exact) mass is 497 g/mol. The van der Waals surface area contributed by atoms with Crippen LogP contribution >= 0.6 is 23.2 Å². The van der Waals surface area contributed by atoms with Crippen LogP contribution < -0.4 is 5.73 Å². The average molecular weight is 498 g/mol. The molecule has 0 radical (unpaired) electrons. The number of rotatable bonds is 4. The molecular weight excluding hydrogens is 477 g/mol. The summed E-state index contributed by atoms with van der Waals surface area (Å²) in [5.74, 6) is -0.808. The zero-order valence-corrected chi connectivity index (χ0v) is 19.5. The van der Waals surface area contributed by atoms with Crippen molar-refractivity contribution in [3.05, 3.63) is 87.7 Å². The largest absolute Gasteiger partial charge is 0.448 e. The van der Waals surface area contributed by atoms with Crippen LogP contribution in [-0.2, 0) is 14.3 Å². The lowest BCUT2D eigenvalue weighted by Crippen LogP contribution is -2.56. The van der Waals surface area contributed by atoms with Crippen LogP contribution in [0.25, 0.3) is 11.1 Å². The van der Waals surface area contributed by atoms with Crippen molar-refractivity contribution in [2.24, 2.45) is 5.73 Å². The van der Waals surface area contributed by atoms with E-state index in [0.29, 0.717) is 5.56 Å². The molecule has 1 aromatic heterocycles. The normalized spacial score (nSPS) is 19.4. The number of carbonyl (C=O) groups is 2. The van der Waals surface area contributed by atoms with Gasteiger partial charge in [-0.2, -0.15) is 0 Å². The Morgan fingerprint density at radius 3 is 2.18 bits per heavy atom. The van der Waals surface area contributed by atoms with Crippen LogP contribution in [0.2, 0.25) is 10.3 Å². The first-order chi connectivity index (χ1) is 16.4. The first-order valence-corrected chi connectivity index (χ1v) is 11.5. The smallest absolute Gasteiger partial charge is 0.411 e. The lowest BCUT2D eigenvalue weighted by Gasteiger charge is -2.40. The molecule has 0 bridgehead atoms. The van der Waals surface area contributed by atoms with Gasteiger partial charge in [-0.3, -0.25) is 9.69 Å². The molecule has 174 valence electrons. The number of hydrogen-bond acceptors (Lipinski definition) is 5. The van der Waals surface area contributed by atoms with Crippen molar-refractivity contribution in [2.45, 2.75) is 18.0 Å². The molecule has 3 aromatic rings. The SMILES string of the molecule is NC(=O)[C@@H]1COC[C@@H](c2cc(Cl)nc(Cl)c2)N1C(=O)OCC1c2ccccc2-c2ccccc21. The maximum atomic E-state index is 13.4. The molecule has 2 aromatic carbocycles. The number of hydrogen-bond donors (Lipinski definition) is 1. The fraction of sp³-hybridized carbons (Fsp3) is 0.240. The molecule has 9 heteroatoms. The number of aromatic nitrogens is 1. The summed E-state index contributed by atoms with van der Waals surface area (Å²) < 4.78 is 11.4. The second-order valence-electron chi connectivity index (χ2n) is 8.23. The molecule has 7 nitrogen and oxygen atoms in total. The number of primary amides is 1. The van der Waals surface area contributed by atoms with Crippen molar-refractivity contribution >= 4 is 35.2 Å². The van der Waals surface area contributed by atoms with E-state index < -0.39 is 24.1 Å². The van der Waals surface area contributed by atoms with Crippen LogP contribution in [0.4, 0.5) is 4.79 Å². The van der Waals surface area contributed by atoms with Gasteiger partial charge in [-0.25, -0.2) is 9.78 Å². The Kier molecular flexibility index (Phi) is 6.16. The van der Waals surface area contributed by atoms with Gasteiger partial charge >= 0.3 is 6.09 Å². The van der Waals surface area contributed by atoms with E-state index in [2.05, 4.69) is 17.1 Å². The van der Waals surface area contributed by atoms with Crippen molar-refractivity contribution in [1.82, 2.24) is 9.88 Å². The third kappa shape index (κ3) is 4.11. The average Bonchev–Trinajstić information content (AvgIpc) is 3.15. The minimum atomic E-state index is -1.000. The minimum absolute atomic E-state index is 0.0252. The number of halogens is 2. The van der Waals surface area contributed by atoms with Crippen molar-refractivity contribution < 1.29 is 19.1 Å². The first kappa shape index (κ1) is 22.7. The highest BCUT2D eigenvalue weighted by Crippen LogP contribution is 2.44. The minimum Gasteiger partial charge on any atom is -0.448 e. The van der Waals surface area contributed by atoms with Crippen LogP contribution in [-0.4, -0.2) is 47.7 Å². The second-order valence-corrected chi connectivity index (χ2v) is 9.00. The molecule has 0 spiro atoms. The molecule has 2 atom stereocenters. The van der Waals surface area contributed by atoms with E-state index in [1.165, 1.54) is 4.90 Å². The Morgan fingerprint density at radius 2 is 1.59 bits per heavy atom. The molecular formula is C25H21Cl2N3O4. The number of pyridine rings is 1. The summed E-state index contributed by atoms with van der Waals surface area (Å²) in [4.78, 5) is 30.9. The zero-order valence-electron chi connectivity index (χ0n) is 18.0. The Bertz CT molecular complexity index is 1200. The van der Waals surface area contributed by atoms with Gasteiger partial charge in [0, 0.05) is 5.92 Å². The number of nitrogens with two attached hydrogens (primary N) is 1. The molecule has 2 aliphatic rings. The number of carbonyl (C=O) groups excluding carboxylic acids is 2. The van der Waals surface area contributed by atoms with Crippen molar-refractivity contribution in [3.8, 4) is 11.1 Å². The van der Waals surface area contributed by atoms with Crippen LogP contribution in [0.15, 0.2) is 60.7 Å². The predicted molar refractivity (Wildman–Crippen MR) is 128 cm³/mol. The van der Waals surface area contributed by atoms with Crippen LogP contribution in [0.1, 0.15) is 28.7 Å². The Hall–Kier alpha value is -3.13. The maximum absolute atomic E-state index is 13.4. The van der Waals surface area contributed by atoms with E-state index in [1.807, 2.05) is 36.4 Å². The molecule has 1 fully saturated rings. The predicted octanol–water partition coefficient (Wildman–Crippen LogP) is 4.56. The molecule has 0 unspecified atom stereocenters. The van der Waals surface area contributed by atoms with Gasteiger partial charge in [-0.05, 0) is 39.9 Å². The van der Waals surface area contributed by atoms with Gasteiger partial charge in [-0.15, -0.1) is 0 Å². The lowest BCUT2D eigenvalue weighted by atomic mass is 9.98. The molecule has 1 aliphatic carbocycles. The molecule has 5 rings (SSSR count). The number of fused-ring (bicyclic) bond motifs is 3. The number of amides is 2. The molecule has 2 N–H and O–H groups in total. The third-order valence-electron chi connectivity index (χ3n) is 6.27. The van der Waals surface area contributed by atoms with Gasteiger partial charge in [0.05, 0.1) is 19.3 Å². The number of morpholine rings is 1. The Morgan fingerprint density at radius 1 is 1.00 bits per heavy atom. The Balaban J connectivity index is 1.43. The first-order valence-electron chi connectivity index (χ1n) is 10.8. The summed E-state index contributed by atoms with van der Waals surface area (Å²) in [6.45, 7) is 0.216. The van der Waals surface area contributed by atoms with E-state index in [0.717, 1.165) is 22.3 Å². The zero-order chi connectivity index (χ0) is 23.8. The molecule has 2 heterocycles. The summed E-state index contributed by atoms with van der Waals surface area (Å²) in [6.07, 6.45) is -0.664. The summed E-state index contributed by atoms with van der Waals surface area (Å²) >= 11 is 12.2. The van der Waals surface area contributed by atoms with Gasteiger partial charge in [0.25, 0.3) is 0 Å². The van der Waals surface area contributed by atoms with E-state index in [-0.39, 0.29) is 36.0 Å². The Labute approximate surface area is 206 Å². The van der Waals surface area contributed by atoms with Gasteiger partial charge < -0.3 is 15.2 Å². The summed E-state index contributed by atoms with van der Waals surface area (Å²) in [5, 5.41) is 0.326. The van der Waals surface area contributed by atoms with E-state index in [9.17, 15) is 9.59 Å². The number of ether oxygens (including phenoxy) is 2. The highest BCUT2D eigenvalue weighted by atomic mass is 35.5. The molecule has 0 saturated carbocycles. The fourth-order valence-corrected chi connectivity index (χ4v) is 5.22.